The number of para-hydroxylation sites is 1. The van der Waals surface area contributed by atoms with Gasteiger partial charge in [-0.05, 0) is 31.9 Å². The lowest BCUT2D eigenvalue weighted by Gasteiger charge is -2.06. The van der Waals surface area contributed by atoms with Crippen molar-refractivity contribution in [3.63, 3.8) is 0 Å². The highest BCUT2D eigenvalue weighted by Crippen LogP contribution is 2.19. The molecule has 1 aliphatic rings. The van der Waals surface area contributed by atoms with Gasteiger partial charge in [0.1, 0.15) is 5.75 Å². The van der Waals surface area contributed by atoms with Crippen molar-refractivity contribution in [2.75, 3.05) is 13.2 Å². The Morgan fingerprint density at radius 2 is 2.10 bits per heavy atom. The SMILES string of the molecule is CCOc1ccccc1/C=C/C(=O)NCC(=O)NC1CC1. The van der Waals surface area contributed by atoms with E-state index in [1.807, 2.05) is 31.2 Å². The smallest absolute Gasteiger partial charge is 0.244 e. The van der Waals surface area contributed by atoms with E-state index in [0.717, 1.165) is 24.2 Å². The van der Waals surface area contributed by atoms with Crippen molar-refractivity contribution in [2.45, 2.75) is 25.8 Å². The van der Waals surface area contributed by atoms with Crippen molar-refractivity contribution in [3.05, 3.63) is 35.9 Å². The van der Waals surface area contributed by atoms with E-state index in [1.165, 1.54) is 6.08 Å². The van der Waals surface area contributed by atoms with Gasteiger partial charge in [0.2, 0.25) is 11.8 Å². The minimum Gasteiger partial charge on any atom is -0.493 e. The standard InChI is InChI=1S/C16H20N2O3/c1-2-21-14-6-4-3-5-12(14)7-10-15(19)17-11-16(20)18-13-8-9-13/h3-7,10,13H,2,8-9,11H2,1H3,(H,17,19)(H,18,20)/b10-7+. The van der Waals surface area contributed by atoms with E-state index in [4.69, 9.17) is 4.74 Å². The number of benzene rings is 1. The first-order valence-corrected chi connectivity index (χ1v) is 7.16. The highest BCUT2D eigenvalue weighted by atomic mass is 16.5. The Hall–Kier alpha value is -2.30. The zero-order valence-corrected chi connectivity index (χ0v) is 12.1. The molecule has 1 saturated carbocycles. The molecule has 0 heterocycles. The van der Waals surface area contributed by atoms with Gasteiger partial charge < -0.3 is 15.4 Å². The van der Waals surface area contributed by atoms with Crippen LogP contribution in [0.4, 0.5) is 0 Å². The minimum absolute atomic E-state index is 0.00673. The predicted molar refractivity (Wildman–Crippen MR) is 80.8 cm³/mol. The van der Waals surface area contributed by atoms with Gasteiger partial charge >= 0.3 is 0 Å². The zero-order valence-electron chi connectivity index (χ0n) is 12.1. The monoisotopic (exact) mass is 288 g/mol. The summed E-state index contributed by atoms with van der Waals surface area (Å²) in [4.78, 5) is 23.1. The van der Waals surface area contributed by atoms with Crippen LogP contribution in [0.2, 0.25) is 0 Å². The number of nitrogens with one attached hydrogen (secondary N) is 2. The minimum atomic E-state index is -0.299. The third-order valence-electron chi connectivity index (χ3n) is 3.00. The summed E-state index contributed by atoms with van der Waals surface area (Å²) >= 11 is 0. The lowest BCUT2D eigenvalue weighted by Crippen LogP contribution is -2.37. The van der Waals surface area contributed by atoms with Gasteiger partial charge in [0.15, 0.2) is 0 Å². The molecule has 2 amide bonds. The second kappa shape index (κ2) is 7.47. The fourth-order valence-corrected chi connectivity index (χ4v) is 1.80. The molecule has 0 aliphatic heterocycles. The number of carbonyl (C=O) groups is 2. The molecule has 0 aromatic heterocycles. The molecule has 0 unspecified atom stereocenters. The lowest BCUT2D eigenvalue weighted by molar-refractivity contribution is -0.124. The Labute approximate surface area is 124 Å². The number of rotatable bonds is 7. The van der Waals surface area contributed by atoms with Crippen LogP contribution in [0, 0.1) is 0 Å². The van der Waals surface area contributed by atoms with Crippen LogP contribution in [0.1, 0.15) is 25.3 Å². The van der Waals surface area contributed by atoms with E-state index >= 15 is 0 Å². The van der Waals surface area contributed by atoms with E-state index < -0.39 is 0 Å². The molecule has 2 N–H and O–H groups in total. The van der Waals surface area contributed by atoms with Crippen LogP contribution in [0.15, 0.2) is 30.3 Å². The molecule has 0 atom stereocenters. The van der Waals surface area contributed by atoms with E-state index in [-0.39, 0.29) is 18.4 Å². The van der Waals surface area contributed by atoms with E-state index in [9.17, 15) is 9.59 Å². The number of ether oxygens (including phenoxy) is 1. The fraction of sp³-hybridized carbons (Fsp3) is 0.375. The summed E-state index contributed by atoms with van der Waals surface area (Å²) in [6.07, 6.45) is 5.16. The molecule has 1 aromatic rings. The zero-order chi connectivity index (χ0) is 15.1. The van der Waals surface area contributed by atoms with Gasteiger partial charge in [-0.1, -0.05) is 18.2 Å². The first kappa shape index (κ1) is 15.1. The molecule has 112 valence electrons. The van der Waals surface area contributed by atoms with Gasteiger partial charge in [0.05, 0.1) is 13.2 Å². The van der Waals surface area contributed by atoms with Gasteiger partial charge in [-0.15, -0.1) is 0 Å². The highest BCUT2D eigenvalue weighted by Gasteiger charge is 2.22. The van der Waals surface area contributed by atoms with E-state index in [2.05, 4.69) is 10.6 Å². The van der Waals surface area contributed by atoms with Crippen LogP contribution in [-0.4, -0.2) is 31.0 Å². The molecule has 2 rings (SSSR count). The summed E-state index contributed by atoms with van der Waals surface area (Å²) in [6, 6.07) is 7.79. The van der Waals surface area contributed by atoms with Crippen molar-refractivity contribution in [1.82, 2.24) is 10.6 Å². The van der Waals surface area contributed by atoms with Crippen molar-refractivity contribution in [1.29, 1.82) is 0 Å². The molecule has 21 heavy (non-hydrogen) atoms. The second-order valence-electron chi connectivity index (χ2n) is 4.86. The van der Waals surface area contributed by atoms with Crippen molar-refractivity contribution in [3.8, 4) is 5.75 Å². The van der Waals surface area contributed by atoms with Crippen LogP contribution >= 0.6 is 0 Å². The summed E-state index contributed by atoms with van der Waals surface area (Å²) in [7, 11) is 0. The molecule has 0 saturated heterocycles. The predicted octanol–water partition coefficient (Wildman–Crippen LogP) is 1.49. The normalized spacial score (nSPS) is 14.0. The van der Waals surface area contributed by atoms with Crippen LogP contribution in [0.3, 0.4) is 0 Å². The maximum absolute atomic E-state index is 11.7. The van der Waals surface area contributed by atoms with Crippen LogP contribution in [0.25, 0.3) is 6.08 Å². The quantitative estimate of drug-likeness (QED) is 0.747. The van der Waals surface area contributed by atoms with Crippen molar-refractivity contribution < 1.29 is 14.3 Å². The number of hydrogen-bond acceptors (Lipinski definition) is 3. The molecule has 1 fully saturated rings. The van der Waals surface area contributed by atoms with Gasteiger partial charge in [0, 0.05) is 17.7 Å². The third kappa shape index (κ3) is 5.30. The maximum Gasteiger partial charge on any atom is 0.244 e. The molecule has 0 radical (unpaired) electrons. The Bertz CT molecular complexity index is 536. The summed E-state index contributed by atoms with van der Waals surface area (Å²) in [6.45, 7) is 2.48. The van der Waals surface area contributed by atoms with Crippen molar-refractivity contribution >= 4 is 17.9 Å². The molecule has 0 spiro atoms. The number of carbonyl (C=O) groups excluding carboxylic acids is 2. The third-order valence-corrected chi connectivity index (χ3v) is 3.00. The first-order chi connectivity index (χ1) is 10.2. The number of hydrogen-bond donors (Lipinski definition) is 2. The topological polar surface area (TPSA) is 67.4 Å². The van der Waals surface area contributed by atoms with Gasteiger partial charge in [-0.3, -0.25) is 9.59 Å². The molecular weight excluding hydrogens is 268 g/mol. The van der Waals surface area contributed by atoms with Gasteiger partial charge in [-0.25, -0.2) is 0 Å². The summed E-state index contributed by atoms with van der Waals surface area (Å²) < 4.78 is 5.47. The summed E-state index contributed by atoms with van der Waals surface area (Å²) in [5.74, 6) is 0.289. The lowest BCUT2D eigenvalue weighted by atomic mass is 10.2. The Morgan fingerprint density at radius 3 is 2.81 bits per heavy atom. The maximum atomic E-state index is 11.7. The average molecular weight is 288 g/mol. The Balaban J connectivity index is 1.82. The molecule has 0 bridgehead atoms. The summed E-state index contributed by atoms with van der Waals surface area (Å²) in [5, 5.41) is 5.37. The average Bonchev–Trinajstić information content (AvgIpc) is 3.28. The summed E-state index contributed by atoms with van der Waals surface area (Å²) in [5.41, 5.74) is 0.830. The van der Waals surface area contributed by atoms with Gasteiger partial charge in [0.25, 0.3) is 0 Å². The van der Waals surface area contributed by atoms with E-state index in [0.29, 0.717) is 12.6 Å². The Morgan fingerprint density at radius 1 is 1.33 bits per heavy atom. The van der Waals surface area contributed by atoms with Crippen LogP contribution in [-0.2, 0) is 9.59 Å². The molecule has 1 aliphatic carbocycles. The van der Waals surface area contributed by atoms with E-state index in [1.54, 1.807) is 6.08 Å². The van der Waals surface area contributed by atoms with Crippen LogP contribution < -0.4 is 15.4 Å². The second-order valence-corrected chi connectivity index (χ2v) is 4.86. The number of amides is 2. The van der Waals surface area contributed by atoms with Crippen molar-refractivity contribution in [2.24, 2.45) is 0 Å². The van der Waals surface area contributed by atoms with Crippen LogP contribution in [0.5, 0.6) is 5.75 Å². The molecule has 5 heteroatoms. The first-order valence-electron chi connectivity index (χ1n) is 7.16. The Kier molecular flexibility index (Phi) is 5.37. The van der Waals surface area contributed by atoms with Gasteiger partial charge in [-0.2, -0.15) is 0 Å². The molecule has 1 aromatic carbocycles. The highest BCUT2D eigenvalue weighted by molar-refractivity contribution is 5.94. The largest absolute Gasteiger partial charge is 0.493 e. The fourth-order valence-electron chi connectivity index (χ4n) is 1.80. The molecule has 5 nitrogen and oxygen atoms in total. The molecular formula is C16H20N2O3.